The summed E-state index contributed by atoms with van der Waals surface area (Å²) in [5, 5.41) is 6.93. The van der Waals surface area contributed by atoms with Gasteiger partial charge in [0.2, 0.25) is 0 Å². The second-order valence-corrected chi connectivity index (χ2v) is 6.78. The third-order valence-electron chi connectivity index (χ3n) is 3.64. The second-order valence-electron chi connectivity index (χ2n) is 4.87. The average Bonchev–Trinajstić information content (AvgIpc) is 2.24. The topological polar surface area (TPSA) is 30.5 Å². The van der Waals surface area contributed by atoms with Crippen LogP contribution >= 0.6 is 0 Å². The molecule has 0 amide bonds. The molecule has 0 saturated carbocycles. The Balaban J connectivity index is 1.83. The molecule has 4 nitrogen and oxygen atoms in total. The minimum atomic E-state index is -0.188. The van der Waals surface area contributed by atoms with Gasteiger partial charge in [-0.3, -0.25) is 0 Å². The number of rotatable bonds is 2. The molecule has 5 heteroatoms. The van der Waals surface area contributed by atoms with E-state index in [1.807, 2.05) is 0 Å². The zero-order valence-corrected chi connectivity index (χ0v) is 11.4. The number of piperazine rings is 2. The van der Waals surface area contributed by atoms with Crippen molar-refractivity contribution in [3.63, 3.8) is 0 Å². The zero-order chi connectivity index (χ0) is 10.7. The minimum absolute atomic E-state index is 0.188. The fourth-order valence-electron chi connectivity index (χ4n) is 2.42. The van der Waals surface area contributed by atoms with E-state index in [4.69, 9.17) is 0 Å². The number of hydrogen-bond donors (Lipinski definition) is 2. The van der Waals surface area contributed by atoms with Gasteiger partial charge in [-0.25, -0.2) is 0 Å². The minimum Gasteiger partial charge on any atom is -0.314 e. The van der Waals surface area contributed by atoms with Gasteiger partial charge in [-0.05, 0) is 13.8 Å². The first-order valence-electron chi connectivity index (χ1n) is 6.17. The second kappa shape index (κ2) is 5.40. The van der Waals surface area contributed by atoms with E-state index in [0.717, 1.165) is 12.1 Å². The highest BCUT2D eigenvalue weighted by molar-refractivity contribution is 6.28. The highest BCUT2D eigenvalue weighted by Crippen LogP contribution is 2.06. The summed E-state index contributed by atoms with van der Waals surface area (Å²) in [6.45, 7) is 11.9. The van der Waals surface area contributed by atoms with E-state index in [1.165, 1.54) is 39.3 Å². The van der Waals surface area contributed by atoms with Crippen molar-refractivity contribution in [3.05, 3.63) is 0 Å². The van der Waals surface area contributed by atoms with Crippen LogP contribution in [0.2, 0.25) is 0 Å². The van der Waals surface area contributed by atoms with Crippen molar-refractivity contribution in [1.82, 2.24) is 19.8 Å². The molecule has 2 saturated heterocycles. The van der Waals surface area contributed by atoms with E-state index in [-0.39, 0.29) is 9.84 Å². The molecule has 0 aromatic rings. The van der Waals surface area contributed by atoms with Crippen LogP contribution in [0.4, 0.5) is 0 Å². The van der Waals surface area contributed by atoms with Crippen molar-refractivity contribution in [3.8, 4) is 0 Å². The predicted octanol–water partition coefficient (Wildman–Crippen LogP) is -1.43. The van der Waals surface area contributed by atoms with Crippen LogP contribution in [-0.2, 0) is 0 Å². The first-order valence-corrected chi connectivity index (χ1v) is 7.43. The van der Waals surface area contributed by atoms with Crippen LogP contribution in [0.3, 0.4) is 0 Å². The van der Waals surface area contributed by atoms with Gasteiger partial charge in [-0.1, -0.05) is 0 Å². The van der Waals surface area contributed by atoms with Gasteiger partial charge in [0.25, 0.3) is 0 Å². The molecule has 0 bridgehead atoms. The molecule has 2 fully saturated rings. The molecule has 2 heterocycles. The van der Waals surface area contributed by atoms with E-state index in [9.17, 15) is 0 Å². The van der Waals surface area contributed by atoms with Crippen LogP contribution in [0.5, 0.6) is 0 Å². The molecule has 15 heavy (non-hydrogen) atoms. The molecule has 0 aliphatic carbocycles. The molecule has 0 aromatic heterocycles. The molecule has 2 atom stereocenters. The van der Waals surface area contributed by atoms with Crippen LogP contribution < -0.4 is 10.6 Å². The van der Waals surface area contributed by atoms with Gasteiger partial charge in [-0.15, -0.1) is 0 Å². The summed E-state index contributed by atoms with van der Waals surface area (Å²) in [6.07, 6.45) is 0. The largest absolute Gasteiger partial charge is 0.314 e. The van der Waals surface area contributed by atoms with E-state index < -0.39 is 0 Å². The fraction of sp³-hybridized carbons (Fsp3) is 1.00. The number of hydrogen-bond acceptors (Lipinski definition) is 4. The SMILES string of the molecule is CC1CNCCN1[SiH2]N1CCNCC1C. The lowest BCUT2D eigenvalue weighted by molar-refractivity contribution is 0.228. The Morgan fingerprint density at radius 2 is 1.40 bits per heavy atom. The maximum Gasteiger partial charge on any atom is 0.173 e. The van der Waals surface area contributed by atoms with E-state index in [0.29, 0.717) is 0 Å². The van der Waals surface area contributed by atoms with Gasteiger partial charge in [0.1, 0.15) is 0 Å². The van der Waals surface area contributed by atoms with Crippen molar-refractivity contribution < 1.29 is 0 Å². The Morgan fingerprint density at radius 1 is 0.933 bits per heavy atom. The Bertz CT molecular complexity index is 182. The lowest BCUT2D eigenvalue weighted by Crippen LogP contribution is -2.60. The van der Waals surface area contributed by atoms with Crippen molar-refractivity contribution >= 4 is 9.84 Å². The highest BCUT2D eigenvalue weighted by Gasteiger charge is 2.24. The summed E-state index contributed by atoms with van der Waals surface area (Å²) in [7, 11) is -0.188. The third kappa shape index (κ3) is 3.01. The van der Waals surface area contributed by atoms with Crippen molar-refractivity contribution in [1.29, 1.82) is 0 Å². The monoisotopic (exact) mass is 228 g/mol. The van der Waals surface area contributed by atoms with Crippen molar-refractivity contribution in [2.24, 2.45) is 0 Å². The molecule has 0 radical (unpaired) electrons. The first kappa shape index (κ1) is 11.5. The third-order valence-corrected chi connectivity index (χ3v) is 6.25. The Labute approximate surface area is 95.4 Å². The average molecular weight is 228 g/mol. The van der Waals surface area contributed by atoms with Gasteiger partial charge in [0, 0.05) is 51.4 Å². The van der Waals surface area contributed by atoms with Crippen LogP contribution in [0, 0.1) is 0 Å². The Morgan fingerprint density at radius 3 is 1.80 bits per heavy atom. The molecule has 2 rings (SSSR count). The molecule has 2 unspecified atom stereocenters. The Kier molecular flexibility index (Phi) is 4.16. The predicted molar refractivity (Wildman–Crippen MR) is 66.6 cm³/mol. The summed E-state index contributed by atoms with van der Waals surface area (Å²) in [5.41, 5.74) is 0. The van der Waals surface area contributed by atoms with E-state index in [2.05, 4.69) is 33.6 Å². The maximum atomic E-state index is 3.46. The molecule has 2 aliphatic heterocycles. The summed E-state index contributed by atoms with van der Waals surface area (Å²) < 4.78 is 5.47. The molecular weight excluding hydrogens is 204 g/mol. The summed E-state index contributed by atoms with van der Waals surface area (Å²) in [5.74, 6) is 0. The van der Waals surface area contributed by atoms with Crippen molar-refractivity contribution in [2.75, 3.05) is 39.3 Å². The van der Waals surface area contributed by atoms with E-state index in [1.54, 1.807) is 0 Å². The summed E-state index contributed by atoms with van der Waals surface area (Å²) >= 11 is 0. The van der Waals surface area contributed by atoms with E-state index >= 15 is 0 Å². The van der Waals surface area contributed by atoms with Crippen LogP contribution in [-0.4, -0.2) is 70.3 Å². The molecule has 0 aromatic carbocycles. The fourth-order valence-corrected chi connectivity index (χ4v) is 4.30. The molecule has 2 aliphatic rings. The zero-order valence-electron chi connectivity index (χ0n) is 10.00. The first-order chi connectivity index (χ1) is 7.27. The van der Waals surface area contributed by atoms with Crippen LogP contribution in [0.25, 0.3) is 0 Å². The molecular formula is C10H24N4Si. The summed E-state index contributed by atoms with van der Waals surface area (Å²) in [4.78, 5) is 0. The van der Waals surface area contributed by atoms with Gasteiger partial charge in [-0.2, -0.15) is 0 Å². The standard InChI is InChI=1S/C10H24N4Si/c1-9-7-11-3-5-13(9)15-14-6-4-12-8-10(14)2/h9-12H,3-8,15H2,1-2H3. The van der Waals surface area contributed by atoms with Gasteiger partial charge in [0.15, 0.2) is 9.84 Å². The Hall–Kier alpha value is 0.0569. The number of nitrogens with one attached hydrogen (secondary N) is 2. The lowest BCUT2D eigenvalue weighted by Gasteiger charge is -2.41. The van der Waals surface area contributed by atoms with Crippen LogP contribution in [0.1, 0.15) is 13.8 Å². The maximum absolute atomic E-state index is 3.46. The lowest BCUT2D eigenvalue weighted by atomic mass is 10.3. The van der Waals surface area contributed by atoms with Gasteiger partial charge >= 0.3 is 0 Å². The van der Waals surface area contributed by atoms with Gasteiger partial charge in [0.05, 0.1) is 0 Å². The quantitative estimate of drug-likeness (QED) is 0.568. The van der Waals surface area contributed by atoms with Gasteiger partial charge < -0.3 is 19.8 Å². The smallest absolute Gasteiger partial charge is 0.173 e. The normalized spacial score (nSPS) is 36.4. The molecule has 2 N–H and O–H groups in total. The molecule has 0 spiro atoms. The summed E-state index contributed by atoms with van der Waals surface area (Å²) in [6, 6.07) is 1.49. The number of nitrogens with zero attached hydrogens (tertiary/aromatic N) is 2. The van der Waals surface area contributed by atoms with Crippen LogP contribution in [0.15, 0.2) is 0 Å². The molecule has 88 valence electrons. The highest BCUT2D eigenvalue weighted by atomic mass is 28.2. The van der Waals surface area contributed by atoms with Crippen molar-refractivity contribution in [2.45, 2.75) is 25.9 Å².